The molecule has 0 aliphatic carbocycles. The fourth-order valence-electron chi connectivity index (χ4n) is 8.22. The lowest BCUT2D eigenvalue weighted by Crippen LogP contribution is -1.99. The van der Waals surface area contributed by atoms with Crippen molar-refractivity contribution in [3.05, 3.63) is 182 Å². The van der Waals surface area contributed by atoms with Gasteiger partial charge in [-0.1, -0.05) is 121 Å². The van der Waals surface area contributed by atoms with Crippen molar-refractivity contribution in [2.75, 3.05) is 0 Å². The second-order valence-electron chi connectivity index (χ2n) is 14.1. The Bertz CT molecular complexity index is 2870. The van der Waals surface area contributed by atoms with E-state index in [9.17, 15) is 0 Å². The van der Waals surface area contributed by atoms with Crippen molar-refractivity contribution in [1.29, 1.82) is 0 Å². The van der Waals surface area contributed by atoms with Gasteiger partial charge in [-0.15, -0.1) is 0 Å². The zero-order chi connectivity index (χ0) is 37.6. The molecule has 0 aliphatic rings. The van der Waals surface area contributed by atoms with Crippen LogP contribution in [-0.4, -0.2) is 29.9 Å². The Balaban J connectivity index is 1.26. The maximum absolute atomic E-state index is 5.41. The van der Waals surface area contributed by atoms with Crippen LogP contribution in [0.5, 0.6) is 0 Å². The lowest BCUT2D eigenvalue weighted by atomic mass is 9.86. The highest BCUT2D eigenvalue weighted by molar-refractivity contribution is 6.21. The van der Waals surface area contributed by atoms with Crippen molar-refractivity contribution < 1.29 is 0 Å². The highest BCUT2D eigenvalue weighted by Crippen LogP contribution is 2.46. The van der Waals surface area contributed by atoms with Crippen LogP contribution in [0.25, 0.3) is 99.3 Å². The molecule has 0 radical (unpaired) electrons. The van der Waals surface area contributed by atoms with E-state index in [4.69, 9.17) is 9.97 Å². The van der Waals surface area contributed by atoms with Crippen LogP contribution in [0.3, 0.4) is 0 Å². The molecule has 0 atom stereocenters. The van der Waals surface area contributed by atoms with Crippen molar-refractivity contribution in [2.45, 2.75) is 13.8 Å². The zero-order valence-corrected chi connectivity index (χ0v) is 30.8. The lowest BCUT2D eigenvalue weighted by molar-refractivity contribution is 1.17. The van der Waals surface area contributed by atoms with Gasteiger partial charge in [0.15, 0.2) is 0 Å². The van der Waals surface area contributed by atoms with Crippen molar-refractivity contribution in [2.24, 2.45) is 0 Å². The van der Waals surface area contributed by atoms with Crippen LogP contribution in [-0.2, 0) is 0 Å². The minimum absolute atomic E-state index is 0.948. The maximum Gasteiger partial charge on any atom is 0.115 e. The second-order valence-corrected chi connectivity index (χ2v) is 14.1. The molecule has 6 aromatic carbocycles. The molecular formula is C50H34N6. The first-order valence-corrected chi connectivity index (χ1v) is 18.7. The summed E-state index contributed by atoms with van der Waals surface area (Å²) < 4.78 is 0. The molecule has 0 unspecified atom stereocenters. The Hall–Kier alpha value is -7.44. The summed E-state index contributed by atoms with van der Waals surface area (Å²) in [5.74, 6) is 0. The van der Waals surface area contributed by atoms with E-state index in [2.05, 4.69) is 167 Å². The lowest BCUT2D eigenvalue weighted by Gasteiger charge is -2.20. The molecule has 0 aliphatic heterocycles. The van der Waals surface area contributed by atoms with Gasteiger partial charge in [-0.25, -0.2) is 19.9 Å². The molecular weight excluding hydrogens is 685 g/mol. The molecule has 0 fully saturated rings. The number of fused-ring (bicyclic) bond motifs is 5. The van der Waals surface area contributed by atoms with Gasteiger partial charge in [0.05, 0.1) is 11.0 Å². The fourth-order valence-corrected chi connectivity index (χ4v) is 8.22. The number of rotatable bonds is 6. The third kappa shape index (κ3) is 5.67. The Morgan fingerprint density at radius 2 is 0.661 bits per heavy atom. The third-order valence-corrected chi connectivity index (χ3v) is 10.7. The van der Waals surface area contributed by atoms with E-state index in [0.29, 0.717) is 0 Å². The third-order valence-electron chi connectivity index (χ3n) is 10.7. The number of benzene rings is 6. The Morgan fingerprint density at radius 1 is 0.304 bits per heavy atom. The highest BCUT2D eigenvalue weighted by atomic mass is 14.8. The molecule has 4 aromatic heterocycles. The number of nitrogens with zero attached hydrogens (tertiary/aromatic N) is 6. The molecule has 264 valence electrons. The van der Waals surface area contributed by atoms with E-state index in [1.165, 1.54) is 0 Å². The summed E-state index contributed by atoms with van der Waals surface area (Å²) in [6, 6.07) is 47.4. The quantitative estimate of drug-likeness (QED) is 0.159. The molecule has 0 N–H and O–H groups in total. The fraction of sp³-hybridized carbons (Fsp3) is 0.0400. The van der Waals surface area contributed by atoms with Gasteiger partial charge in [0.2, 0.25) is 0 Å². The van der Waals surface area contributed by atoms with Gasteiger partial charge in [0.1, 0.15) is 12.7 Å². The minimum atomic E-state index is 0.948. The molecule has 4 heterocycles. The number of aryl methyl sites for hydroxylation is 2. The van der Waals surface area contributed by atoms with Crippen LogP contribution in [0, 0.1) is 13.8 Å². The molecule has 10 rings (SSSR count). The van der Waals surface area contributed by atoms with Crippen LogP contribution >= 0.6 is 0 Å². The van der Waals surface area contributed by atoms with E-state index in [-0.39, 0.29) is 0 Å². The summed E-state index contributed by atoms with van der Waals surface area (Å²) in [4.78, 5) is 28.0. The summed E-state index contributed by atoms with van der Waals surface area (Å²) in [6.07, 6.45) is 10.6. The number of pyridine rings is 2. The molecule has 0 saturated heterocycles. The van der Waals surface area contributed by atoms with Gasteiger partial charge >= 0.3 is 0 Å². The van der Waals surface area contributed by atoms with E-state index < -0.39 is 0 Å². The van der Waals surface area contributed by atoms with Crippen LogP contribution in [0.2, 0.25) is 0 Å². The van der Waals surface area contributed by atoms with Gasteiger partial charge in [0.25, 0.3) is 0 Å². The predicted octanol–water partition coefficient (Wildman–Crippen LogP) is 12.1. The SMILES string of the molecule is Cc1nc2c(ccc3c2ccc2c(-c4cccc(-c5cncnc5)c4)c(-c4ccccc4)c(C)nc23)c(-c2cccc(-c3cncnc3)c2)c1-c1ccccc1. The average molecular weight is 719 g/mol. The maximum atomic E-state index is 5.41. The summed E-state index contributed by atoms with van der Waals surface area (Å²) in [6.45, 7) is 4.24. The van der Waals surface area contributed by atoms with Crippen LogP contribution in [0.15, 0.2) is 171 Å². The Labute approximate surface area is 324 Å². The summed E-state index contributed by atoms with van der Waals surface area (Å²) >= 11 is 0. The second kappa shape index (κ2) is 13.8. The molecule has 0 bridgehead atoms. The van der Waals surface area contributed by atoms with Crippen molar-refractivity contribution >= 4 is 32.6 Å². The first-order valence-electron chi connectivity index (χ1n) is 18.7. The summed E-state index contributed by atoms with van der Waals surface area (Å²) in [7, 11) is 0. The Kier molecular flexibility index (Phi) is 8.15. The number of aromatic nitrogens is 6. The van der Waals surface area contributed by atoms with Gasteiger partial charge in [-0.2, -0.15) is 0 Å². The van der Waals surface area contributed by atoms with Gasteiger partial charge in [0, 0.05) is 91.1 Å². The van der Waals surface area contributed by atoms with Crippen molar-refractivity contribution in [1.82, 2.24) is 29.9 Å². The first kappa shape index (κ1) is 33.2. The normalized spacial score (nSPS) is 11.4. The molecule has 56 heavy (non-hydrogen) atoms. The molecule has 0 spiro atoms. The molecule has 0 saturated carbocycles. The largest absolute Gasteiger partial charge is 0.252 e. The van der Waals surface area contributed by atoms with Gasteiger partial charge in [-0.05, 0) is 59.4 Å². The van der Waals surface area contributed by atoms with E-state index in [0.717, 1.165) is 111 Å². The number of hydrogen-bond donors (Lipinski definition) is 0. The molecule has 6 heteroatoms. The van der Waals surface area contributed by atoms with Gasteiger partial charge in [-0.3, -0.25) is 9.97 Å². The van der Waals surface area contributed by atoms with E-state index >= 15 is 0 Å². The highest BCUT2D eigenvalue weighted by Gasteiger charge is 2.22. The smallest absolute Gasteiger partial charge is 0.115 e. The van der Waals surface area contributed by atoms with E-state index in [1.54, 1.807) is 12.7 Å². The molecule has 6 nitrogen and oxygen atoms in total. The van der Waals surface area contributed by atoms with Crippen molar-refractivity contribution in [3.63, 3.8) is 0 Å². The topological polar surface area (TPSA) is 77.3 Å². The van der Waals surface area contributed by atoms with Crippen LogP contribution < -0.4 is 0 Å². The van der Waals surface area contributed by atoms with Crippen LogP contribution in [0.1, 0.15) is 11.4 Å². The number of hydrogen-bond acceptors (Lipinski definition) is 6. The standard InChI is InChI=1S/C50H34N6/c1-31-45(33-11-5-3-6-12-33)47(37-17-9-15-35(23-37)39-25-51-29-52-26-39)43-21-20-42-41(49(43)55-31)19-22-44-48(38-18-10-16-36(24-38)40-27-53-30-54-28-40)46(32(2)56-50(42)44)34-13-7-4-8-14-34/h3-30H,1-2H3. The average Bonchev–Trinajstić information content (AvgIpc) is 3.26. The minimum Gasteiger partial charge on any atom is -0.252 e. The zero-order valence-electron chi connectivity index (χ0n) is 30.8. The van der Waals surface area contributed by atoms with Crippen molar-refractivity contribution in [3.8, 4) is 66.8 Å². The summed E-state index contributed by atoms with van der Waals surface area (Å²) in [5, 5.41) is 4.29. The predicted molar refractivity (Wildman–Crippen MR) is 228 cm³/mol. The van der Waals surface area contributed by atoms with E-state index in [1.807, 2.05) is 24.8 Å². The first-order chi connectivity index (χ1) is 27.6. The van der Waals surface area contributed by atoms with Gasteiger partial charge < -0.3 is 0 Å². The Morgan fingerprint density at radius 3 is 1.07 bits per heavy atom. The summed E-state index contributed by atoms with van der Waals surface area (Å²) in [5.41, 5.74) is 16.9. The molecule has 10 aromatic rings. The molecule has 0 amide bonds. The van der Waals surface area contributed by atoms with Crippen LogP contribution in [0.4, 0.5) is 0 Å². The monoisotopic (exact) mass is 718 g/mol.